The van der Waals surface area contributed by atoms with Crippen molar-refractivity contribution in [3.8, 4) is 0 Å². The van der Waals surface area contributed by atoms with E-state index in [-0.39, 0.29) is 0 Å². The molecule has 0 aliphatic rings. The van der Waals surface area contributed by atoms with Crippen LogP contribution in [0.25, 0.3) is 0 Å². The van der Waals surface area contributed by atoms with Crippen LogP contribution in [0.4, 0.5) is 0 Å². The fourth-order valence-corrected chi connectivity index (χ4v) is 6.29. The summed E-state index contributed by atoms with van der Waals surface area (Å²) in [5, 5.41) is 0. The van der Waals surface area contributed by atoms with Crippen molar-refractivity contribution in [2.75, 3.05) is 5.75 Å². The summed E-state index contributed by atoms with van der Waals surface area (Å²) in [6.07, 6.45) is 4.02. The lowest BCUT2D eigenvalue weighted by atomic mass is 10.4. The summed E-state index contributed by atoms with van der Waals surface area (Å²) in [5.41, 5.74) is 0. The van der Waals surface area contributed by atoms with E-state index in [0.717, 1.165) is 11.8 Å². The van der Waals surface area contributed by atoms with Crippen LogP contribution in [0.5, 0.6) is 0 Å². The fraction of sp³-hybridized carbons (Fsp3) is 0.636. The number of allylic oxidation sites excluding steroid dienone is 1. The Bertz CT molecular complexity index is 190. The third-order valence-corrected chi connectivity index (χ3v) is 7.99. The molecule has 0 bridgehead atoms. The molecule has 0 aromatic heterocycles. The normalized spacial score (nSPS) is 12.1. The molecule has 1 nitrogen and oxygen atoms in total. The molecule has 0 N–H and O–H groups in total. The first-order valence-corrected chi connectivity index (χ1v) is 9.19. The van der Waals surface area contributed by atoms with Crippen LogP contribution in [-0.4, -0.2) is 24.0 Å². The molecule has 0 fully saturated rings. The van der Waals surface area contributed by atoms with Gasteiger partial charge in [-0.15, -0.1) is 13.2 Å². The summed E-state index contributed by atoms with van der Waals surface area (Å²) in [7, 11) is -1.30. The average Bonchev–Trinajstić information content (AvgIpc) is 2.03. The van der Waals surface area contributed by atoms with Gasteiger partial charge < -0.3 is 0 Å². The summed E-state index contributed by atoms with van der Waals surface area (Å²) in [4.78, 5) is 0. The Kier molecular flexibility index (Phi) is 6.49. The molecule has 0 aromatic rings. The Hall–Kier alpha value is 0.00688. The van der Waals surface area contributed by atoms with E-state index in [9.17, 15) is 0 Å². The van der Waals surface area contributed by atoms with E-state index in [4.69, 9.17) is 0 Å². The monoisotopic (exact) mass is 229 g/mol. The summed E-state index contributed by atoms with van der Waals surface area (Å²) in [5.74, 6) is 1.01. The Balaban J connectivity index is 4.44. The van der Waals surface area contributed by atoms with Gasteiger partial charge in [0.05, 0.1) is 0 Å². The van der Waals surface area contributed by atoms with Crippen LogP contribution in [0.15, 0.2) is 25.3 Å². The number of nitrogens with zero attached hydrogens (tertiary/aromatic N) is 1. The third kappa shape index (κ3) is 4.49. The third-order valence-electron chi connectivity index (χ3n) is 2.04. The highest BCUT2D eigenvalue weighted by molar-refractivity contribution is 7.98. The maximum absolute atomic E-state index is 3.85. The summed E-state index contributed by atoms with van der Waals surface area (Å²) < 4.78 is 2.57. The second-order valence-corrected chi connectivity index (χ2v) is 10.1. The van der Waals surface area contributed by atoms with E-state index in [1.54, 1.807) is 0 Å². The van der Waals surface area contributed by atoms with Gasteiger partial charge in [0.1, 0.15) is 8.24 Å². The maximum atomic E-state index is 3.85. The Labute approximate surface area is 94.5 Å². The largest absolute Gasteiger partial charge is 0.269 e. The summed E-state index contributed by atoms with van der Waals surface area (Å²) >= 11 is 1.91. The molecule has 82 valence electrons. The van der Waals surface area contributed by atoms with Crippen molar-refractivity contribution < 1.29 is 0 Å². The molecule has 0 unspecified atom stereocenters. The van der Waals surface area contributed by atoms with Gasteiger partial charge in [0.2, 0.25) is 0 Å². The van der Waals surface area contributed by atoms with E-state index < -0.39 is 8.24 Å². The summed E-state index contributed by atoms with van der Waals surface area (Å²) in [6, 6.07) is 1.75. The van der Waals surface area contributed by atoms with Crippen molar-refractivity contribution in [1.29, 1.82) is 0 Å². The van der Waals surface area contributed by atoms with Gasteiger partial charge in [0.25, 0.3) is 0 Å². The van der Waals surface area contributed by atoms with Gasteiger partial charge in [-0.1, -0.05) is 37.2 Å². The quantitative estimate of drug-likeness (QED) is 0.370. The van der Waals surface area contributed by atoms with Crippen LogP contribution >= 0.6 is 11.9 Å². The van der Waals surface area contributed by atoms with Crippen molar-refractivity contribution in [2.45, 2.75) is 39.0 Å². The molecule has 0 aromatic carbocycles. The van der Waals surface area contributed by atoms with E-state index >= 15 is 0 Å². The van der Waals surface area contributed by atoms with Crippen LogP contribution in [0.2, 0.25) is 19.1 Å². The molecule has 0 aliphatic carbocycles. The van der Waals surface area contributed by atoms with Gasteiger partial charge in [-0.2, -0.15) is 0 Å². The van der Waals surface area contributed by atoms with Crippen LogP contribution < -0.4 is 0 Å². The molecule has 0 amide bonds. The average molecular weight is 229 g/mol. The predicted molar refractivity (Wildman–Crippen MR) is 72.1 cm³/mol. The summed E-state index contributed by atoms with van der Waals surface area (Å²) in [6.45, 7) is 16.9. The molecule has 0 aliphatic heterocycles. The van der Waals surface area contributed by atoms with Crippen molar-refractivity contribution >= 4 is 20.2 Å². The van der Waals surface area contributed by atoms with Gasteiger partial charge in [-0.3, -0.25) is 3.97 Å². The fourth-order valence-electron chi connectivity index (χ4n) is 1.60. The molecule has 0 saturated heterocycles. The highest BCUT2D eigenvalue weighted by Crippen LogP contribution is 2.27. The molecule has 3 heteroatoms. The number of hydrogen-bond acceptors (Lipinski definition) is 2. The Morgan fingerprint density at radius 1 is 1.29 bits per heavy atom. The van der Waals surface area contributed by atoms with Crippen LogP contribution in [0, 0.1) is 0 Å². The van der Waals surface area contributed by atoms with E-state index in [0.29, 0.717) is 6.04 Å². The lowest BCUT2D eigenvalue weighted by Crippen LogP contribution is -2.47. The zero-order valence-corrected chi connectivity index (χ0v) is 11.7. The number of rotatable bonds is 7. The van der Waals surface area contributed by atoms with Gasteiger partial charge in [-0.25, -0.2) is 0 Å². The molecular weight excluding hydrogens is 206 g/mol. The van der Waals surface area contributed by atoms with Crippen LogP contribution in [0.1, 0.15) is 13.8 Å². The van der Waals surface area contributed by atoms with E-state index in [2.05, 4.69) is 50.1 Å². The molecule has 0 heterocycles. The zero-order valence-electron chi connectivity index (χ0n) is 9.92. The van der Waals surface area contributed by atoms with E-state index in [1.807, 2.05) is 18.0 Å². The molecule has 0 spiro atoms. The second kappa shape index (κ2) is 6.48. The molecule has 0 atom stereocenters. The maximum Gasteiger partial charge on any atom is 0.138 e. The van der Waals surface area contributed by atoms with Crippen molar-refractivity contribution in [1.82, 2.24) is 3.97 Å². The first kappa shape index (κ1) is 14.0. The van der Waals surface area contributed by atoms with Gasteiger partial charge >= 0.3 is 0 Å². The lowest BCUT2D eigenvalue weighted by Gasteiger charge is -2.38. The minimum atomic E-state index is -1.30. The van der Waals surface area contributed by atoms with Crippen LogP contribution in [0.3, 0.4) is 0 Å². The first-order chi connectivity index (χ1) is 6.45. The minimum Gasteiger partial charge on any atom is -0.269 e. The van der Waals surface area contributed by atoms with Gasteiger partial charge in [-0.05, 0) is 19.9 Å². The minimum absolute atomic E-state index is 0.599. The molecule has 0 saturated carbocycles. The van der Waals surface area contributed by atoms with Gasteiger partial charge in [0, 0.05) is 11.8 Å². The molecular formula is C11H23NSSi. The highest BCUT2D eigenvalue weighted by Gasteiger charge is 2.30. The second-order valence-electron chi connectivity index (χ2n) is 4.31. The SMILES string of the molecule is C=CCSN(C(C)C)[Si](C)(C)CC=C. The van der Waals surface area contributed by atoms with Crippen LogP contribution in [-0.2, 0) is 0 Å². The van der Waals surface area contributed by atoms with Crippen molar-refractivity contribution in [2.24, 2.45) is 0 Å². The molecule has 0 rings (SSSR count). The number of hydrogen-bond donors (Lipinski definition) is 0. The lowest BCUT2D eigenvalue weighted by molar-refractivity contribution is 0.552. The van der Waals surface area contributed by atoms with Crippen molar-refractivity contribution in [3.05, 3.63) is 25.3 Å². The topological polar surface area (TPSA) is 3.24 Å². The first-order valence-electron chi connectivity index (χ1n) is 5.09. The van der Waals surface area contributed by atoms with E-state index in [1.165, 1.54) is 0 Å². The standard InChI is InChI=1S/C11H23NSSi/c1-7-9-13-12(11(3)4)14(5,6)10-8-2/h7-8,11H,1-2,9-10H2,3-6H3. The Morgan fingerprint density at radius 2 is 1.86 bits per heavy atom. The molecule has 14 heavy (non-hydrogen) atoms. The molecule has 0 radical (unpaired) electrons. The zero-order chi connectivity index (χ0) is 11.2. The smallest absolute Gasteiger partial charge is 0.138 e. The predicted octanol–water partition coefficient (Wildman–Crippen LogP) is 3.92. The Morgan fingerprint density at radius 3 is 2.21 bits per heavy atom. The van der Waals surface area contributed by atoms with Crippen molar-refractivity contribution in [3.63, 3.8) is 0 Å². The highest BCUT2D eigenvalue weighted by atomic mass is 32.2. The van der Waals surface area contributed by atoms with Gasteiger partial charge in [0.15, 0.2) is 0 Å².